The molecule has 1 saturated carbocycles. The molecule has 1 unspecified atom stereocenters. The summed E-state index contributed by atoms with van der Waals surface area (Å²) < 4.78 is 27.6. The number of aromatic nitrogens is 2. The third-order valence-electron chi connectivity index (χ3n) is 4.97. The van der Waals surface area contributed by atoms with Crippen LogP contribution in [-0.4, -0.2) is 21.9 Å². The zero-order valence-corrected chi connectivity index (χ0v) is 17.9. The molecule has 2 aromatic heterocycles. The number of fused-ring (bicyclic) bond motifs is 1. The van der Waals surface area contributed by atoms with Gasteiger partial charge >= 0.3 is 0 Å². The maximum absolute atomic E-state index is 13.4. The van der Waals surface area contributed by atoms with Crippen LogP contribution in [0.1, 0.15) is 23.7 Å². The van der Waals surface area contributed by atoms with E-state index in [4.69, 9.17) is 0 Å². The maximum atomic E-state index is 13.4. The lowest BCUT2D eigenvalue weighted by Crippen LogP contribution is -2.29. The topological polar surface area (TPSA) is 54.9 Å². The third-order valence-corrected chi connectivity index (χ3v) is 7.54. The summed E-state index contributed by atoms with van der Waals surface area (Å²) in [5, 5.41) is 3.17. The Morgan fingerprint density at radius 3 is 2.39 bits per heavy atom. The average Bonchev–Trinajstić information content (AvgIpc) is 3.47. The van der Waals surface area contributed by atoms with Crippen molar-refractivity contribution in [2.45, 2.75) is 29.2 Å². The Bertz CT molecular complexity index is 1240. The molecule has 1 fully saturated rings. The SMILES string of the molecule is O=C(NC1CC1)C(Sc1ncnc2cc(-c3ccc(F)cc3)sc12)c1ccc(F)cc1. The largest absolute Gasteiger partial charge is 0.352 e. The predicted molar refractivity (Wildman–Crippen MR) is 119 cm³/mol. The number of carbonyl (C=O) groups is 1. The van der Waals surface area contributed by atoms with E-state index in [0.29, 0.717) is 10.6 Å². The number of benzene rings is 2. The van der Waals surface area contributed by atoms with Crippen LogP contribution in [0.3, 0.4) is 0 Å². The normalized spacial score (nSPS) is 14.5. The van der Waals surface area contributed by atoms with E-state index >= 15 is 0 Å². The Morgan fingerprint density at radius 1 is 1.03 bits per heavy atom. The smallest absolute Gasteiger partial charge is 0.238 e. The van der Waals surface area contributed by atoms with Crippen molar-refractivity contribution in [1.82, 2.24) is 15.3 Å². The molecule has 2 heterocycles. The molecule has 1 aliphatic carbocycles. The molecular formula is C23H17F2N3OS2. The van der Waals surface area contributed by atoms with Gasteiger partial charge in [-0.3, -0.25) is 4.79 Å². The van der Waals surface area contributed by atoms with Crippen LogP contribution in [0.5, 0.6) is 0 Å². The van der Waals surface area contributed by atoms with E-state index in [0.717, 1.165) is 33.5 Å². The number of nitrogens with zero attached hydrogens (tertiary/aromatic N) is 2. The molecular weight excluding hydrogens is 436 g/mol. The van der Waals surface area contributed by atoms with Crippen molar-refractivity contribution in [3.63, 3.8) is 0 Å². The fourth-order valence-electron chi connectivity index (χ4n) is 3.20. The van der Waals surface area contributed by atoms with Crippen molar-refractivity contribution in [3.05, 3.63) is 78.1 Å². The zero-order chi connectivity index (χ0) is 21.4. The van der Waals surface area contributed by atoms with Crippen molar-refractivity contribution in [3.8, 4) is 10.4 Å². The molecule has 2 aromatic carbocycles. The molecule has 31 heavy (non-hydrogen) atoms. The summed E-state index contributed by atoms with van der Waals surface area (Å²) in [4.78, 5) is 22.7. The van der Waals surface area contributed by atoms with Gasteiger partial charge < -0.3 is 5.32 Å². The molecule has 0 saturated heterocycles. The highest BCUT2D eigenvalue weighted by Crippen LogP contribution is 2.42. The van der Waals surface area contributed by atoms with E-state index in [1.54, 1.807) is 24.3 Å². The molecule has 4 nitrogen and oxygen atoms in total. The minimum absolute atomic E-state index is 0.110. The van der Waals surface area contributed by atoms with Crippen molar-refractivity contribution < 1.29 is 13.6 Å². The summed E-state index contributed by atoms with van der Waals surface area (Å²) in [6, 6.07) is 14.5. The Hall–Kier alpha value is -2.84. The molecule has 0 aliphatic heterocycles. The molecule has 8 heteroatoms. The molecule has 0 bridgehead atoms. The number of hydrogen-bond acceptors (Lipinski definition) is 5. The second kappa shape index (κ2) is 8.36. The predicted octanol–water partition coefficient (Wildman–Crippen LogP) is 5.75. The molecule has 0 radical (unpaired) electrons. The van der Waals surface area contributed by atoms with Gasteiger partial charge in [-0.05, 0) is 54.3 Å². The van der Waals surface area contributed by atoms with Crippen molar-refractivity contribution in [2.24, 2.45) is 0 Å². The van der Waals surface area contributed by atoms with E-state index in [1.165, 1.54) is 53.7 Å². The van der Waals surface area contributed by atoms with Crippen LogP contribution in [0.4, 0.5) is 8.78 Å². The minimum Gasteiger partial charge on any atom is -0.352 e. The Kier molecular flexibility index (Phi) is 5.41. The minimum atomic E-state index is -0.560. The van der Waals surface area contributed by atoms with Crippen molar-refractivity contribution in [1.29, 1.82) is 0 Å². The summed E-state index contributed by atoms with van der Waals surface area (Å²) >= 11 is 2.83. The summed E-state index contributed by atoms with van der Waals surface area (Å²) in [7, 11) is 0. The van der Waals surface area contributed by atoms with Crippen LogP contribution in [0.25, 0.3) is 20.7 Å². The first-order chi connectivity index (χ1) is 15.1. The second-order valence-electron chi connectivity index (χ2n) is 7.34. The van der Waals surface area contributed by atoms with Crippen LogP contribution in [0.2, 0.25) is 0 Å². The highest BCUT2D eigenvalue weighted by Gasteiger charge is 2.30. The lowest BCUT2D eigenvalue weighted by Gasteiger charge is -2.16. The number of nitrogens with one attached hydrogen (secondary N) is 1. The fraction of sp³-hybridized carbons (Fsp3) is 0.174. The Labute approximate surface area is 185 Å². The first kappa shape index (κ1) is 20.1. The maximum Gasteiger partial charge on any atom is 0.238 e. The van der Waals surface area contributed by atoms with Crippen LogP contribution >= 0.6 is 23.1 Å². The van der Waals surface area contributed by atoms with Gasteiger partial charge in [0.15, 0.2) is 0 Å². The van der Waals surface area contributed by atoms with E-state index in [2.05, 4.69) is 15.3 Å². The summed E-state index contributed by atoms with van der Waals surface area (Å²) in [5.74, 6) is -0.743. The summed E-state index contributed by atoms with van der Waals surface area (Å²) in [6.07, 6.45) is 3.44. The van der Waals surface area contributed by atoms with Crippen LogP contribution in [0, 0.1) is 11.6 Å². The van der Waals surface area contributed by atoms with Crippen LogP contribution < -0.4 is 5.32 Å². The van der Waals surface area contributed by atoms with Gasteiger partial charge in [-0.25, -0.2) is 18.7 Å². The zero-order valence-electron chi connectivity index (χ0n) is 16.2. The van der Waals surface area contributed by atoms with Gasteiger partial charge in [0.2, 0.25) is 5.91 Å². The monoisotopic (exact) mass is 453 g/mol. The molecule has 4 aromatic rings. The molecule has 5 rings (SSSR count). The molecule has 1 N–H and O–H groups in total. The number of amides is 1. The van der Waals surface area contributed by atoms with E-state index < -0.39 is 5.25 Å². The second-order valence-corrected chi connectivity index (χ2v) is 9.49. The summed E-state index contributed by atoms with van der Waals surface area (Å²) in [6.45, 7) is 0. The van der Waals surface area contributed by atoms with E-state index in [-0.39, 0.29) is 23.6 Å². The van der Waals surface area contributed by atoms with Gasteiger partial charge in [0.1, 0.15) is 28.2 Å². The van der Waals surface area contributed by atoms with Gasteiger partial charge in [-0.15, -0.1) is 11.3 Å². The quantitative estimate of drug-likeness (QED) is 0.298. The summed E-state index contributed by atoms with van der Waals surface area (Å²) in [5.41, 5.74) is 2.37. The standard InChI is InChI=1S/C23H17F2N3OS2/c24-15-5-1-13(2-6-15)19-11-18-21(30-19)23(27-12-26-18)31-20(22(29)28-17-9-10-17)14-3-7-16(25)8-4-14/h1-8,11-12,17,20H,9-10H2,(H,28,29). The number of thioether (sulfide) groups is 1. The van der Waals surface area contributed by atoms with Gasteiger partial charge in [0.25, 0.3) is 0 Å². The van der Waals surface area contributed by atoms with Gasteiger partial charge in [0.05, 0.1) is 10.2 Å². The lowest BCUT2D eigenvalue weighted by atomic mass is 10.1. The first-order valence-corrected chi connectivity index (χ1v) is 11.5. The third kappa shape index (κ3) is 4.45. The molecule has 0 spiro atoms. The van der Waals surface area contributed by atoms with E-state index in [9.17, 15) is 13.6 Å². The molecule has 1 atom stereocenters. The number of halogens is 2. The van der Waals surface area contributed by atoms with Crippen molar-refractivity contribution in [2.75, 3.05) is 0 Å². The number of rotatable bonds is 6. The molecule has 1 amide bonds. The van der Waals surface area contributed by atoms with Gasteiger partial charge in [-0.2, -0.15) is 0 Å². The van der Waals surface area contributed by atoms with Crippen molar-refractivity contribution >= 4 is 39.2 Å². The molecule has 1 aliphatic rings. The van der Waals surface area contributed by atoms with Gasteiger partial charge in [0, 0.05) is 10.9 Å². The van der Waals surface area contributed by atoms with Gasteiger partial charge in [-0.1, -0.05) is 36.0 Å². The lowest BCUT2D eigenvalue weighted by molar-refractivity contribution is -0.120. The number of thiophene rings is 1. The number of hydrogen-bond donors (Lipinski definition) is 1. The fourth-order valence-corrected chi connectivity index (χ4v) is 5.48. The highest BCUT2D eigenvalue weighted by atomic mass is 32.2. The highest BCUT2D eigenvalue weighted by molar-refractivity contribution is 8.00. The average molecular weight is 454 g/mol. The van der Waals surface area contributed by atoms with Crippen LogP contribution in [-0.2, 0) is 4.79 Å². The Morgan fingerprint density at radius 2 is 1.71 bits per heavy atom. The van der Waals surface area contributed by atoms with Crippen LogP contribution in [0.15, 0.2) is 66.0 Å². The first-order valence-electron chi connectivity index (χ1n) is 9.80. The number of carbonyl (C=O) groups excluding carboxylic acids is 1. The Balaban J connectivity index is 1.50. The van der Waals surface area contributed by atoms with E-state index in [1.807, 2.05) is 6.07 Å². The molecule has 156 valence electrons.